The number of nitrogens with two attached hydrogens (primary N) is 2. The van der Waals surface area contributed by atoms with Gasteiger partial charge in [-0.2, -0.15) is 0 Å². The van der Waals surface area contributed by atoms with Crippen molar-refractivity contribution in [3.05, 3.63) is 60.8 Å². The zero-order chi connectivity index (χ0) is 28.7. The molecule has 2 saturated heterocycles. The van der Waals surface area contributed by atoms with Crippen LogP contribution in [0.3, 0.4) is 0 Å². The van der Waals surface area contributed by atoms with Crippen molar-refractivity contribution in [2.75, 3.05) is 60.6 Å². The highest BCUT2D eigenvalue weighted by Crippen LogP contribution is 2.34. The lowest BCUT2D eigenvalue weighted by Gasteiger charge is -2.42. The Hall–Kier alpha value is -4.78. The number of carbonyl (C=O) groups is 2. The maximum atomic E-state index is 13.5. The van der Waals surface area contributed by atoms with Gasteiger partial charge in [0.15, 0.2) is 5.69 Å². The molecule has 5 heterocycles. The van der Waals surface area contributed by atoms with Crippen molar-refractivity contribution in [2.45, 2.75) is 19.0 Å². The molecule has 13 heteroatoms. The van der Waals surface area contributed by atoms with Crippen LogP contribution in [-0.4, -0.2) is 87.5 Å². The first-order valence-electron chi connectivity index (χ1n) is 13.6. The smallest absolute Gasteiger partial charge is 0.276 e. The normalized spacial score (nSPS) is 21.4. The average Bonchev–Trinajstić information content (AvgIpc) is 3.48. The Bertz CT molecular complexity index is 1580. The number of rotatable bonds is 5. The van der Waals surface area contributed by atoms with Crippen LogP contribution in [0.4, 0.5) is 22.7 Å². The summed E-state index contributed by atoms with van der Waals surface area (Å²) in [4.78, 5) is 40.5. The number of fused-ring (bicyclic) bond motifs is 1. The molecule has 3 aromatic heterocycles. The van der Waals surface area contributed by atoms with Gasteiger partial charge in [-0.1, -0.05) is 18.2 Å². The van der Waals surface area contributed by atoms with Crippen molar-refractivity contribution in [1.29, 1.82) is 0 Å². The number of anilines is 4. The Kier molecular flexibility index (Phi) is 6.87. The molecule has 5 N–H and O–H groups in total. The fraction of sp³-hybridized carbons (Fsp3) is 0.357. The first-order chi connectivity index (χ1) is 19.8. The number of likely N-dealkylation sites (N-methyl/N-ethyl adjacent to an activating group) is 1. The number of nitrogens with one attached hydrogen (secondary N) is 1. The van der Waals surface area contributed by atoms with E-state index in [9.17, 15) is 9.59 Å². The number of benzene rings is 1. The van der Waals surface area contributed by atoms with Crippen molar-refractivity contribution < 1.29 is 9.59 Å². The molecule has 6 rings (SSSR count). The maximum absolute atomic E-state index is 13.5. The summed E-state index contributed by atoms with van der Waals surface area (Å²) in [7, 11) is 1.80. The number of piperazine rings is 1. The van der Waals surface area contributed by atoms with Gasteiger partial charge in [0.05, 0.1) is 47.6 Å². The summed E-state index contributed by atoms with van der Waals surface area (Å²) in [5, 5.41) is 11.9. The monoisotopic (exact) mass is 555 g/mol. The third-order valence-electron chi connectivity index (χ3n) is 7.96. The van der Waals surface area contributed by atoms with Gasteiger partial charge in [0.25, 0.3) is 5.91 Å². The standard InChI is InChI=1S/C28H33N11O2/c1-17-14-38(15-21(30)27(17)39-8-7-32-35-39)24-5-6-31-13-23(24)34-28(41)26-20(29)11-18-3-4-19(12-22(18)33-26)37-10-9-36(2)25(40)16-37/h3-8,11-13,17,21,27H,9-10,14-16,29-30H2,1-2H3,(H,34,41)/t17-,21+,27-/m0/s1. The predicted molar refractivity (Wildman–Crippen MR) is 157 cm³/mol. The van der Waals surface area contributed by atoms with Crippen LogP contribution in [0.2, 0.25) is 0 Å². The third-order valence-corrected chi connectivity index (χ3v) is 7.96. The van der Waals surface area contributed by atoms with Crippen LogP contribution < -0.4 is 26.6 Å². The van der Waals surface area contributed by atoms with Crippen LogP contribution >= 0.6 is 0 Å². The fourth-order valence-electron chi connectivity index (χ4n) is 5.81. The zero-order valence-corrected chi connectivity index (χ0v) is 23.0. The number of nitrogen functional groups attached to an aromatic ring is 1. The molecule has 212 valence electrons. The van der Waals surface area contributed by atoms with Crippen molar-refractivity contribution in [1.82, 2.24) is 29.9 Å². The SMILES string of the molecule is C[C@H]1CN(c2ccncc2NC(=O)c2nc3cc(N4CCN(C)C(=O)C4)ccc3cc2N)C[C@@H](N)[C@H]1n1ccnn1. The molecule has 0 saturated carbocycles. The van der Waals surface area contributed by atoms with E-state index in [1.165, 1.54) is 0 Å². The summed E-state index contributed by atoms with van der Waals surface area (Å²) in [6.07, 6.45) is 6.80. The molecule has 0 radical (unpaired) electrons. The zero-order valence-electron chi connectivity index (χ0n) is 23.0. The van der Waals surface area contributed by atoms with E-state index in [0.29, 0.717) is 37.4 Å². The summed E-state index contributed by atoms with van der Waals surface area (Å²) in [5.41, 5.74) is 16.1. The van der Waals surface area contributed by atoms with Crippen LogP contribution in [0, 0.1) is 5.92 Å². The number of hydrogen-bond donors (Lipinski definition) is 3. The Morgan fingerprint density at radius 1 is 1.10 bits per heavy atom. The minimum Gasteiger partial charge on any atom is -0.397 e. The molecular weight excluding hydrogens is 522 g/mol. The number of hydrogen-bond acceptors (Lipinski definition) is 10. The lowest BCUT2D eigenvalue weighted by Crippen LogP contribution is -2.53. The van der Waals surface area contributed by atoms with Crippen molar-refractivity contribution in [2.24, 2.45) is 11.7 Å². The van der Waals surface area contributed by atoms with Gasteiger partial charge < -0.3 is 31.5 Å². The Morgan fingerprint density at radius 2 is 1.95 bits per heavy atom. The maximum Gasteiger partial charge on any atom is 0.276 e. The molecule has 0 unspecified atom stereocenters. The molecule has 13 nitrogen and oxygen atoms in total. The van der Waals surface area contributed by atoms with Gasteiger partial charge in [-0.25, -0.2) is 9.67 Å². The predicted octanol–water partition coefficient (Wildman–Crippen LogP) is 1.36. The van der Waals surface area contributed by atoms with Gasteiger partial charge in [-0.15, -0.1) is 5.10 Å². The lowest BCUT2D eigenvalue weighted by atomic mass is 9.90. The minimum absolute atomic E-state index is 0.0177. The Balaban J connectivity index is 1.23. The molecule has 0 bridgehead atoms. The lowest BCUT2D eigenvalue weighted by molar-refractivity contribution is -0.129. The number of piperidine rings is 1. The first-order valence-corrected chi connectivity index (χ1v) is 13.6. The van der Waals surface area contributed by atoms with Crippen molar-refractivity contribution in [3.63, 3.8) is 0 Å². The van der Waals surface area contributed by atoms with E-state index >= 15 is 0 Å². The molecular formula is C28H33N11O2. The molecule has 2 aliphatic rings. The van der Waals surface area contributed by atoms with E-state index in [-0.39, 0.29) is 35.3 Å². The second-order valence-corrected chi connectivity index (χ2v) is 10.8. The highest BCUT2D eigenvalue weighted by atomic mass is 16.2. The second kappa shape index (κ2) is 10.7. The molecule has 2 fully saturated rings. The Morgan fingerprint density at radius 3 is 2.71 bits per heavy atom. The first kappa shape index (κ1) is 26.4. The molecule has 4 aromatic rings. The van der Waals surface area contributed by atoms with E-state index < -0.39 is 5.91 Å². The number of nitrogens with zero attached hydrogens (tertiary/aromatic N) is 8. The van der Waals surface area contributed by atoms with Crippen LogP contribution in [-0.2, 0) is 4.79 Å². The summed E-state index contributed by atoms with van der Waals surface area (Å²) in [5.74, 6) is -0.194. The van der Waals surface area contributed by atoms with Gasteiger partial charge in [-0.3, -0.25) is 14.6 Å². The number of pyridine rings is 2. The summed E-state index contributed by atoms with van der Waals surface area (Å²) in [6.45, 7) is 5.07. The third kappa shape index (κ3) is 5.11. The van der Waals surface area contributed by atoms with E-state index in [1.54, 1.807) is 36.6 Å². The van der Waals surface area contributed by atoms with Gasteiger partial charge in [-0.05, 0) is 30.2 Å². The molecule has 2 amide bonds. The van der Waals surface area contributed by atoms with E-state index in [2.05, 4.69) is 37.4 Å². The van der Waals surface area contributed by atoms with E-state index in [0.717, 1.165) is 23.3 Å². The molecule has 3 atom stereocenters. The summed E-state index contributed by atoms with van der Waals surface area (Å²) in [6, 6.07) is 9.18. The van der Waals surface area contributed by atoms with E-state index in [1.807, 2.05) is 40.0 Å². The molecule has 0 aliphatic carbocycles. The van der Waals surface area contributed by atoms with Crippen LogP contribution in [0.25, 0.3) is 10.9 Å². The number of amides is 2. The minimum atomic E-state index is -0.436. The van der Waals surface area contributed by atoms with E-state index in [4.69, 9.17) is 11.5 Å². The highest BCUT2D eigenvalue weighted by Gasteiger charge is 2.35. The van der Waals surface area contributed by atoms with Gasteiger partial charge >= 0.3 is 0 Å². The fourth-order valence-corrected chi connectivity index (χ4v) is 5.81. The van der Waals surface area contributed by atoms with Crippen LogP contribution in [0.15, 0.2) is 55.1 Å². The van der Waals surface area contributed by atoms with Crippen molar-refractivity contribution in [3.8, 4) is 0 Å². The van der Waals surface area contributed by atoms with Crippen LogP contribution in [0.1, 0.15) is 23.5 Å². The van der Waals surface area contributed by atoms with Crippen molar-refractivity contribution >= 4 is 45.5 Å². The molecule has 2 aliphatic heterocycles. The average molecular weight is 556 g/mol. The van der Waals surface area contributed by atoms with Gasteiger partial charge in [0.2, 0.25) is 5.91 Å². The quantitative estimate of drug-likeness (QED) is 0.327. The second-order valence-electron chi connectivity index (χ2n) is 10.8. The van der Waals surface area contributed by atoms with Gasteiger partial charge in [0.1, 0.15) is 0 Å². The summed E-state index contributed by atoms with van der Waals surface area (Å²) < 4.78 is 1.82. The van der Waals surface area contributed by atoms with Gasteiger partial charge in [0, 0.05) is 62.7 Å². The topological polar surface area (TPSA) is 164 Å². The molecule has 41 heavy (non-hydrogen) atoms. The number of aromatic nitrogens is 5. The molecule has 0 spiro atoms. The highest BCUT2D eigenvalue weighted by molar-refractivity contribution is 6.09. The summed E-state index contributed by atoms with van der Waals surface area (Å²) >= 11 is 0. The van der Waals surface area contributed by atoms with Crippen LogP contribution in [0.5, 0.6) is 0 Å². The largest absolute Gasteiger partial charge is 0.397 e. The number of carbonyl (C=O) groups excluding carboxylic acids is 2. The Labute approximate surface area is 237 Å². The molecule has 1 aromatic carbocycles.